The molecule has 0 amide bonds. The van der Waals surface area contributed by atoms with Gasteiger partial charge >= 0.3 is 6.61 Å². The molecular weight excluding hydrogens is 450 g/mol. The van der Waals surface area contributed by atoms with Gasteiger partial charge in [0.1, 0.15) is 5.69 Å². The van der Waals surface area contributed by atoms with Gasteiger partial charge in [-0.15, -0.1) is 0 Å². The molecule has 3 rings (SSSR count). The van der Waals surface area contributed by atoms with Gasteiger partial charge in [0.15, 0.2) is 11.5 Å². The number of anilines is 1. The maximum absolute atomic E-state index is 12.7. The average Bonchev–Trinajstić information content (AvgIpc) is 3.30. The molecule has 2 aromatic carbocycles. The van der Waals surface area contributed by atoms with Crippen LogP contribution in [0.15, 0.2) is 46.4 Å². The molecule has 172 valence electrons. The van der Waals surface area contributed by atoms with Gasteiger partial charge in [-0.3, -0.25) is 15.5 Å². The number of hydrogen-bond donors (Lipinski definition) is 1. The fourth-order valence-corrected chi connectivity index (χ4v) is 4.67. The molecule has 0 radical (unpaired) electrons. The summed E-state index contributed by atoms with van der Waals surface area (Å²) in [5, 5.41) is 15.4. The van der Waals surface area contributed by atoms with Crippen LogP contribution in [0.3, 0.4) is 0 Å². The Hall–Kier alpha value is -3.32. The third-order valence-corrected chi connectivity index (χ3v) is 6.57. The highest BCUT2D eigenvalue weighted by Gasteiger charge is 2.29. The summed E-state index contributed by atoms with van der Waals surface area (Å²) < 4.78 is 60.8. The van der Waals surface area contributed by atoms with E-state index in [1.54, 1.807) is 0 Å². The molecule has 1 N–H and O–H groups in total. The van der Waals surface area contributed by atoms with E-state index in [0.29, 0.717) is 18.7 Å². The number of rotatable bonds is 9. The first-order valence-corrected chi connectivity index (χ1v) is 10.9. The lowest BCUT2D eigenvalue weighted by molar-refractivity contribution is -0.384. The van der Waals surface area contributed by atoms with Crippen LogP contribution in [-0.4, -0.2) is 50.7 Å². The van der Waals surface area contributed by atoms with Gasteiger partial charge < -0.3 is 9.47 Å². The van der Waals surface area contributed by atoms with Crippen LogP contribution in [-0.2, 0) is 10.0 Å². The monoisotopic (exact) mass is 470 g/mol. The minimum Gasteiger partial charge on any atom is -0.493 e. The van der Waals surface area contributed by atoms with E-state index in [1.807, 2.05) is 0 Å². The Kier molecular flexibility index (Phi) is 7.20. The van der Waals surface area contributed by atoms with E-state index in [1.165, 1.54) is 48.0 Å². The van der Waals surface area contributed by atoms with E-state index < -0.39 is 27.2 Å². The van der Waals surface area contributed by atoms with Crippen molar-refractivity contribution < 1.29 is 31.6 Å². The molecule has 0 aromatic heterocycles. The van der Waals surface area contributed by atoms with Gasteiger partial charge in [-0.05, 0) is 48.7 Å². The Bertz CT molecular complexity index is 1120. The summed E-state index contributed by atoms with van der Waals surface area (Å²) >= 11 is 0. The van der Waals surface area contributed by atoms with Gasteiger partial charge in [0.05, 0.1) is 23.1 Å². The molecule has 0 aliphatic carbocycles. The van der Waals surface area contributed by atoms with Crippen molar-refractivity contribution in [2.75, 3.05) is 25.6 Å². The molecule has 32 heavy (non-hydrogen) atoms. The predicted octanol–water partition coefficient (Wildman–Crippen LogP) is 3.44. The van der Waals surface area contributed by atoms with Crippen LogP contribution in [0.25, 0.3) is 0 Å². The fraction of sp³-hybridized carbons (Fsp3) is 0.316. The number of nitro groups is 1. The van der Waals surface area contributed by atoms with Gasteiger partial charge in [-0.25, -0.2) is 8.42 Å². The zero-order valence-electron chi connectivity index (χ0n) is 16.9. The number of nitrogens with zero attached hydrogens (tertiary/aromatic N) is 3. The van der Waals surface area contributed by atoms with Crippen molar-refractivity contribution >= 4 is 27.6 Å². The number of nitro benzene ring substituents is 1. The average molecular weight is 470 g/mol. The first-order chi connectivity index (χ1) is 15.2. The molecule has 10 nitrogen and oxygen atoms in total. The van der Waals surface area contributed by atoms with E-state index in [0.717, 1.165) is 18.9 Å². The standard InChI is InChI=1S/C19H20F2N4O6S/c1-30-18-10-13(4-7-17(18)31-19(20)21)12-22-23-15-6-5-14(11-16(15)25(26)27)32(28,29)24-8-2-3-9-24/h4-7,10-12,19,23H,2-3,8-9H2,1H3/b22-12+. The van der Waals surface area contributed by atoms with Crippen molar-refractivity contribution in [2.24, 2.45) is 5.10 Å². The lowest BCUT2D eigenvalue weighted by atomic mass is 10.2. The van der Waals surface area contributed by atoms with Crippen LogP contribution in [0.5, 0.6) is 11.5 Å². The van der Waals surface area contributed by atoms with Gasteiger partial charge in [0.25, 0.3) is 5.69 Å². The smallest absolute Gasteiger partial charge is 0.387 e. The molecule has 1 saturated heterocycles. The summed E-state index contributed by atoms with van der Waals surface area (Å²) in [6.45, 7) is -2.25. The van der Waals surface area contributed by atoms with E-state index >= 15 is 0 Å². The number of sulfonamides is 1. The number of halogens is 2. The quantitative estimate of drug-likeness (QED) is 0.338. The van der Waals surface area contributed by atoms with Crippen LogP contribution in [0.1, 0.15) is 18.4 Å². The Morgan fingerprint density at radius 1 is 1.19 bits per heavy atom. The summed E-state index contributed by atoms with van der Waals surface area (Å²) in [5.74, 6) is -0.102. The van der Waals surface area contributed by atoms with Crippen molar-refractivity contribution in [3.05, 3.63) is 52.1 Å². The topological polar surface area (TPSA) is 123 Å². The lowest BCUT2D eigenvalue weighted by Gasteiger charge is -2.15. The zero-order valence-corrected chi connectivity index (χ0v) is 17.7. The number of benzene rings is 2. The Labute approximate surface area is 182 Å². The molecular formula is C19H20F2N4O6S. The van der Waals surface area contributed by atoms with E-state index in [4.69, 9.17) is 4.74 Å². The molecule has 1 aliphatic rings. The Balaban J connectivity index is 1.80. The highest BCUT2D eigenvalue weighted by Crippen LogP contribution is 2.31. The second-order valence-electron chi connectivity index (χ2n) is 6.71. The van der Waals surface area contributed by atoms with Crippen LogP contribution in [0.2, 0.25) is 0 Å². The minimum absolute atomic E-state index is 0.0174. The Morgan fingerprint density at radius 3 is 2.53 bits per heavy atom. The largest absolute Gasteiger partial charge is 0.493 e. The molecule has 0 saturated carbocycles. The number of hydrazone groups is 1. The zero-order chi connectivity index (χ0) is 23.3. The van der Waals surface area contributed by atoms with E-state index in [-0.39, 0.29) is 22.1 Å². The lowest BCUT2D eigenvalue weighted by Crippen LogP contribution is -2.27. The third kappa shape index (κ3) is 5.29. The van der Waals surface area contributed by atoms with E-state index in [9.17, 15) is 27.3 Å². The van der Waals surface area contributed by atoms with Crippen LogP contribution >= 0.6 is 0 Å². The summed E-state index contributed by atoms with van der Waals surface area (Å²) in [4.78, 5) is 10.6. The predicted molar refractivity (Wildman–Crippen MR) is 112 cm³/mol. The summed E-state index contributed by atoms with van der Waals surface area (Å²) in [6, 6.07) is 7.63. The Morgan fingerprint density at radius 2 is 1.91 bits per heavy atom. The summed E-state index contributed by atoms with van der Waals surface area (Å²) in [6.07, 6.45) is 2.78. The maximum atomic E-state index is 12.7. The number of alkyl halides is 2. The SMILES string of the molecule is COc1cc(/C=N/Nc2ccc(S(=O)(=O)N3CCCC3)cc2[N+](=O)[O-])ccc1OC(F)F. The first kappa shape index (κ1) is 23.3. The van der Waals surface area contributed by atoms with E-state index in [2.05, 4.69) is 15.3 Å². The molecule has 0 atom stereocenters. The molecule has 1 fully saturated rings. The highest BCUT2D eigenvalue weighted by molar-refractivity contribution is 7.89. The molecule has 1 heterocycles. The van der Waals surface area contributed by atoms with Gasteiger partial charge in [-0.2, -0.15) is 18.2 Å². The maximum Gasteiger partial charge on any atom is 0.387 e. The number of methoxy groups -OCH3 is 1. The number of ether oxygens (including phenoxy) is 2. The van der Waals surface area contributed by atoms with Gasteiger partial charge in [0, 0.05) is 19.2 Å². The minimum atomic E-state index is -3.81. The molecule has 0 spiro atoms. The normalized spacial score (nSPS) is 14.8. The van der Waals surface area contributed by atoms with Crippen molar-refractivity contribution in [3.63, 3.8) is 0 Å². The van der Waals surface area contributed by atoms with Crippen molar-refractivity contribution in [3.8, 4) is 11.5 Å². The number of nitrogens with one attached hydrogen (secondary N) is 1. The molecule has 2 aromatic rings. The molecule has 1 aliphatic heterocycles. The first-order valence-electron chi connectivity index (χ1n) is 9.43. The third-order valence-electron chi connectivity index (χ3n) is 4.67. The fourth-order valence-electron chi connectivity index (χ4n) is 3.13. The van der Waals surface area contributed by atoms with Crippen LogP contribution in [0.4, 0.5) is 20.2 Å². The van der Waals surface area contributed by atoms with Crippen molar-refractivity contribution in [1.29, 1.82) is 0 Å². The molecule has 13 heteroatoms. The number of hydrogen-bond acceptors (Lipinski definition) is 8. The summed E-state index contributed by atoms with van der Waals surface area (Å²) in [5.41, 5.74) is 2.46. The van der Waals surface area contributed by atoms with Crippen LogP contribution < -0.4 is 14.9 Å². The van der Waals surface area contributed by atoms with Gasteiger partial charge in [0.2, 0.25) is 10.0 Å². The second kappa shape index (κ2) is 9.87. The van der Waals surface area contributed by atoms with Crippen molar-refractivity contribution in [2.45, 2.75) is 24.3 Å². The molecule has 0 bridgehead atoms. The highest BCUT2D eigenvalue weighted by atomic mass is 32.2. The summed E-state index contributed by atoms with van der Waals surface area (Å²) in [7, 11) is -2.53. The van der Waals surface area contributed by atoms with Crippen molar-refractivity contribution in [1.82, 2.24) is 4.31 Å². The second-order valence-corrected chi connectivity index (χ2v) is 8.64. The molecule has 0 unspecified atom stereocenters. The van der Waals surface area contributed by atoms with Gasteiger partial charge in [-0.1, -0.05) is 0 Å². The van der Waals surface area contributed by atoms with Crippen LogP contribution in [0, 0.1) is 10.1 Å².